The molecule has 2 aromatic rings. The normalized spacial score (nSPS) is 21.2. The third-order valence-electron chi connectivity index (χ3n) is 7.02. The number of anilines is 1. The van der Waals surface area contributed by atoms with Crippen molar-refractivity contribution in [1.29, 1.82) is 0 Å². The van der Waals surface area contributed by atoms with Crippen molar-refractivity contribution in [1.82, 2.24) is 5.32 Å². The van der Waals surface area contributed by atoms with Gasteiger partial charge in [-0.25, -0.2) is 4.99 Å². The summed E-state index contributed by atoms with van der Waals surface area (Å²) in [6.45, 7) is 5.11. The molecule has 0 fully saturated rings. The van der Waals surface area contributed by atoms with Crippen molar-refractivity contribution in [3.63, 3.8) is 0 Å². The molecule has 184 valence electrons. The number of benzene rings is 2. The number of nitrogens with one attached hydrogen (secondary N) is 1. The molecule has 0 unspecified atom stereocenters. The quantitative estimate of drug-likeness (QED) is 0.637. The molecule has 1 N–H and O–H groups in total. The van der Waals surface area contributed by atoms with Crippen LogP contribution in [0.25, 0.3) is 0 Å². The van der Waals surface area contributed by atoms with E-state index >= 15 is 0 Å². The van der Waals surface area contributed by atoms with Crippen LogP contribution in [-0.4, -0.2) is 44.1 Å². The van der Waals surface area contributed by atoms with E-state index in [0.29, 0.717) is 36.9 Å². The Labute approximate surface area is 206 Å². The number of carbonyl (C=O) groups is 2. The van der Waals surface area contributed by atoms with Crippen LogP contribution in [0.1, 0.15) is 66.9 Å². The zero-order valence-electron chi connectivity index (χ0n) is 20.5. The van der Waals surface area contributed by atoms with Gasteiger partial charge >= 0.3 is 0 Å². The van der Waals surface area contributed by atoms with E-state index in [4.69, 9.17) is 9.73 Å². The molecule has 7 heteroatoms. The molecule has 0 saturated heterocycles. The summed E-state index contributed by atoms with van der Waals surface area (Å²) >= 11 is 0. The number of rotatable bonds is 0. The maximum absolute atomic E-state index is 12.9. The van der Waals surface area contributed by atoms with Gasteiger partial charge in [0.1, 0.15) is 5.75 Å². The van der Waals surface area contributed by atoms with E-state index in [1.807, 2.05) is 13.0 Å². The van der Waals surface area contributed by atoms with Gasteiger partial charge in [0, 0.05) is 37.0 Å². The van der Waals surface area contributed by atoms with Gasteiger partial charge in [0.15, 0.2) is 0 Å². The Morgan fingerprint density at radius 3 is 2.74 bits per heavy atom. The third-order valence-corrected chi connectivity index (χ3v) is 7.02. The van der Waals surface area contributed by atoms with Gasteiger partial charge < -0.3 is 15.0 Å². The van der Waals surface area contributed by atoms with Crippen molar-refractivity contribution >= 4 is 17.5 Å². The predicted octanol–water partition coefficient (Wildman–Crippen LogP) is 2.92. The molecular weight excluding hydrogens is 440 g/mol. The minimum Gasteiger partial charge on any atom is -0.493 e. The molecule has 3 aliphatic heterocycles. The van der Waals surface area contributed by atoms with Gasteiger partial charge in [-0.3, -0.25) is 14.6 Å². The highest BCUT2D eigenvalue weighted by Gasteiger charge is 2.19. The van der Waals surface area contributed by atoms with Crippen LogP contribution in [0.4, 0.5) is 5.69 Å². The third kappa shape index (κ3) is 5.55. The lowest BCUT2D eigenvalue weighted by molar-refractivity contribution is -0.118. The van der Waals surface area contributed by atoms with Crippen LogP contribution in [0.5, 0.6) is 5.75 Å². The van der Waals surface area contributed by atoms with Crippen LogP contribution in [0.2, 0.25) is 0 Å². The fraction of sp³-hybridized carbons (Fsp3) is 0.500. The number of fused-ring (bicyclic) bond motifs is 5. The Balaban J connectivity index is 1.42. The van der Waals surface area contributed by atoms with Gasteiger partial charge in [0.25, 0.3) is 5.91 Å². The van der Waals surface area contributed by atoms with E-state index in [9.17, 15) is 9.59 Å². The lowest BCUT2D eigenvalue weighted by Gasteiger charge is -2.31. The first-order valence-corrected chi connectivity index (χ1v) is 13.0. The number of aryl methyl sites for hydroxylation is 2. The van der Waals surface area contributed by atoms with Gasteiger partial charge in [-0.05, 0) is 74.8 Å². The summed E-state index contributed by atoms with van der Waals surface area (Å²) in [5.74, 6) is 0.557. The van der Waals surface area contributed by atoms with Crippen LogP contribution in [0.15, 0.2) is 40.3 Å². The fourth-order valence-electron chi connectivity index (χ4n) is 5.25. The van der Waals surface area contributed by atoms with E-state index in [1.54, 1.807) is 6.07 Å². The Morgan fingerprint density at radius 1 is 0.971 bits per heavy atom. The highest BCUT2D eigenvalue weighted by atomic mass is 16.5. The number of hydrogen-bond acceptors (Lipinski definition) is 5. The van der Waals surface area contributed by atoms with E-state index in [2.05, 4.69) is 33.4 Å². The van der Waals surface area contributed by atoms with Crippen LogP contribution in [0.3, 0.4) is 0 Å². The van der Waals surface area contributed by atoms with Crippen molar-refractivity contribution in [3.05, 3.63) is 57.7 Å². The van der Waals surface area contributed by atoms with E-state index < -0.39 is 0 Å². The maximum Gasteiger partial charge on any atom is 0.251 e. The number of ether oxygens (including phenoxy) is 1. The van der Waals surface area contributed by atoms with Gasteiger partial charge in [0.2, 0.25) is 5.91 Å². The van der Waals surface area contributed by atoms with Crippen molar-refractivity contribution < 1.29 is 14.3 Å². The molecule has 0 radical (unpaired) electrons. The molecule has 4 bridgehead atoms. The van der Waals surface area contributed by atoms with Crippen molar-refractivity contribution in [3.8, 4) is 5.75 Å². The summed E-state index contributed by atoms with van der Waals surface area (Å²) in [6.07, 6.45) is 7.32. The summed E-state index contributed by atoms with van der Waals surface area (Å²) in [5, 5.41) is 4.30. The molecule has 35 heavy (non-hydrogen) atoms. The van der Waals surface area contributed by atoms with E-state index in [0.717, 1.165) is 61.9 Å². The number of nitrogens with zero attached hydrogens (tertiary/aromatic N) is 3. The zero-order chi connectivity index (χ0) is 24.2. The first-order valence-electron chi connectivity index (χ1n) is 13.0. The molecule has 0 aromatic heterocycles. The second-order valence-electron chi connectivity index (χ2n) is 9.84. The molecule has 0 saturated carbocycles. The summed E-state index contributed by atoms with van der Waals surface area (Å²) < 4.78 is 6.01. The largest absolute Gasteiger partial charge is 0.493 e. The lowest BCUT2D eigenvalue weighted by atomic mass is 10.00. The van der Waals surface area contributed by atoms with Gasteiger partial charge in [-0.15, -0.1) is 0 Å². The van der Waals surface area contributed by atoms with E-state index in [1.165, 1.54) is 17.7 Å². The van der Waals surface area contributed by atoms with Gasteiger partial charge in [-0.2, -0.15) is 0 Å². The van der Waals surface area contributed by atoms with Gasteiger partial charge in [-0.1, -0.05) is 12.5 Å². The molecule has 7 nitrogen and oxygen atoms in total. The average molecular weight is 475 g/mol. The summed E-state index contributed by atoms with van der Waals surface area (Å²) in [4.78, 5) is 36.8. The average Bonchev–Trinajstić information content (AvgIpc) is 2.99. The summed E-state index contributed by atoms with van der Waals surface area (Å²) in [6, 6.07) is 9.99. The molecular formula is C28H34N4O3. The first-order chi connectivity index (χ1) is 17.1. The Bertz CT molecular complexity index is 1240. The lowest BCUT2D eigenvalue weighted by Crippen LogP contribution is -2.34. The van der Waals surface area contributed by atoms with Crippen LogP contribution in [0, 0.1) is 0 Å². The molecule has 3 heterocycles. The number of hydrogen-bond donors (Lipinski definition) is 1. The van der Waals surface area contributed by atoms with E-state index in [-0.39, 0.29) is 17.9 Å². The second kappa shape index (κ2) is 10.6. The fourth-order valence-corrected chi connectivity index (χ4v) is 5.25. The maximum atomic E-state index is 12.9. The zero-order valence-corrected chi connectivity index (χ0v) is 20.5. The Morgan fingerprint density at radius 2 is 1.83 bits per heavy atom. The first kappa shape index (κ1) is 23.5. The second-order valence-corrected chi connectivity index (χ2v) is 9.84. The molecule has 0 spiro atoms. The minimum atomic E-state index is -0.181. The number of carbonyl (C=O) groups excluding carboxylic acids is 2. The van der Waals surface area contributed by atoms with Crippen molar-refractivity contribution in [2.75, 3.05) is 31.1 Å². The molecule has 1 atom stereocenters. The Hall–Kier alpha value is -3.22. The Kier molecular flexibility index (Phi) is 7.11. The molecule has 0 aliphatic carbocycles. The highest BCUT2D eigenvalue weighted by molar-refractivity contribution is 5.94. The smallest absolute Gasteiger partial charge is 0.251 e. The summed E-state index contributed by atoms with van der Waals surface area (Å²) in [7, 11) is 0. The highest BCUT2D eigenvalue weighted by Crippen LogP contribution is 2.31. The molecule has 5 rings (SSSR count). The van der Waals surface area contributed by atoms with Gasteiger partial charge in [0.05, 0.1) is 29.8 Å². The van der Waals surface area contributed by atoms with Crippen LogP contribution >= 0.6 is 0 Å². The topological polar surface area (TPSA) is 83.4 Å². The van der Waals surface area contributed by atoms with Crippen molar-refractivity contribution in [2.45, 2.75) is 64.3 Å². The van der Waals surface area contributed by atoms with Crippen LogP contribution in [-0.2, 0) is 17.6 Å². The number of amides is 2. The predicted molar refractivity (Wildman–Crippen MR) is 135 cm³/mol. The standard InChI is InChI=1S/C28H34N4O3/c1-19-15-26(33)31-24-17-22-16-21(27(24)30-19)7-3-2-4-12-32-13-5-8-20-9-10-23(18-25(20)32)35-14-6-11-29-28(22)34/h9-10,16-19H,2-8,11-15H2,1H3,(H,29,34)/t19-/m1/s1. The molecule has 2 aromatic carbocycles. The summed E-state index contributed by atoms with van der Waals surface area (Å²) in [5.41, 5.74) is 4.25. The molecule has 3 aliphatic rings. The van der Waals surface area contributed by atoms with Crippen molar-refractivity contribution in [2.24, 2.45) is 9.98 Å². The SMILES string of the molecule is C[C@@H]1CC(=O)N=c2cc3cc(c2=N1)CCCCCN1CCCc2ccc(cc21)OCCCNC3=O. The monoisotopic (exact) mass is 474 g/mol. The van der Waals surface area contributed by atoms with Crippen LogP contribution < -0.4 is 25.7 Å². The minimum absolute atomic E-state index is 0.111. The molecule has 2 amide bonds.